The molecule has 0 spiro atoms. The maximum absolute atomic E-state index is 11.6. The molecule has 17 heavy (non-hydrogen) atoms. The summed E-state index contributed by atoms with van der Waals surface area (Å²) in [7, 11) is 0. The maximum Gasteiger partial charge on any atom is 0.242 e. The topological polar surface area (TPSA) is 58.2 Å². The second-order valence-electron chi connectivity index (χ2n) is 4.07. The van der Waals surface area contributed by atoms with Crippen molar-refractivity contribution in [2.24, 2.45) is 0 Å². The number of benzene rings is 1. The van der Waals surface area contributed by atoms with Gasteiger partial charge in [0.15, 0.2) is 0 Å². The molecule has 1 atom stereocenters. The number of aryl methyl sites for hydroxylation is 1. The minimum absolute atomic E-state index is 0.177. The summed E-state index contributed by atoms with van der Waals surface area (Å²) in [6.07, 6.45) is 0. The lowest BCUT2D eigenvalue weighted by molar-refractivity contribution is -0.127. The second kappa shape index (κ2) is 6.03. The first-order valence-electron chi connectivity index (χ1n) is 5.60. The van der Waals surface area contributed by atoms with Crippen molar-refractivity contribution < 1.29 is 9.59 Å². The fourth-order valence-electron chi connectivity index (χ4n) is 1.51. The second-order valence-corrected chi connectivity index (χ2v) is 4.07. The van der Waals surface area contributed by atoms with E-state index >= 15 is 0 Å². The normalized spacial score (nSPS) is 11.7. The van der Waals surface area contributed by atoms with Crippen molar-refractivity contribution in [1.29, 1.82) is 0 Å². The summed E-state index contributed by atoms with van der Waals surface area (Å²) in [6, 6.07) is 7.36. The molecule has 0 saturated heterocycles. The Bertz CT molecular complexity index is 416. The fraction of sp³-hybridized carbons (Fsp3) is 0.385. The molecule has 92 valence electrons. The van der Waals surface area contributed by atoms with Crippen LogP contribution in [0.1, 0.15) is 25.0 Å². The lowest BCUT2D eigenvalue weighted by atomic mass is 10.1. The molecule has 0 aliphatic carbocycles. The molecule has 1 unspecified atom stereocenters. The fourth-order valence-corrected chi connectivity index (χ4v) is 1.51. The average Bonchev–Trinajstić information content (AvgIpc) is 2.26. The predicted octanol–water partition coefficient (Wildman–Crippen LogP) is 1.14. The van der Waals surface area contributed by atoms with Crippen LogP contribution in [0.2, 0.25) is 0 Å². The smallest absolute Gasteiger partial charge is 0.242 e. The van der Waals surface area contributed by atoms with Gasteiger partial charge in [-0.05, 0) is 25.0 Å². The first-order valence-corrected chi connectivity index (χ1v) is 5.60. The van der Waals surface area contributed by atoms with Crippen LogP contribution in [-0.4, -0.2) is 17.9 Å². The van der Waals surface area contributed by atoms with Crippen LogP contribution in [0.15, 0.2) is 24.3 Å². The van der Waals surface area contributed by atoms with Crippen LogP contribution >= 0.6 is 0 Å². The lowest BCUT2D eigenvalue weighted by Gasteiger charge is -2.13. The molecule has 0 fully saturated rings. The van der Waals surface area contributed by atoms with E-state index in [-0.39, 0.29) is 11.8 Å². The number of amides is 2. The number of hydrogen-bond donors (Lipinski definition) is 2. The maximum atomic E-state index is 11.6. The van der Waals surface area contributed by atoms with Crippen molar-refractivity contribution in [2.75, 3.05) is 0 Å². The highest BCUT2D eigenvalue weighted by molar-refractivity contribution is 5.86. The molecule has 0 aromatic heterocycles. The van der Waals surface area contributed by atoms with E-state index in [9.17, 15) is 9.59 Å². The SMILES string of the molecule is CC(=O)NC(C)C(=O)NCc1ccccc1C. The first-order chi connectivity index (χ1) is 8.00. The monoisotopic (exact) mass is 234 g/mol. The zero-order valence-corrected chi connectivity index (χ0v) is 10.4. The zero-order chi connectivity index (χ0) is 12.8. The van der Waals surface area contributed by atoms with E-state index in [1.165, 1.54) is 6.92 Å². The highest BCUT2D eigenvalue weighted by Crippen LogP contribution is 2.05. The van der Waals surface area contributed by atoms with Gasteiger partial charge in [-0.15, -0.1) is 0 Å². The highest BCUT2D eigenvalue weighted by Gasteiger charge is 2.12. The molecule has 1 aromatic rings. The van der Waals surface area contributed by atoms with E-state index in [4.69, 9.17) is 0 Å². The number of nitrogens with one attached hydrogen (secondary N) is 2. The molecule has 0 aliphatic rings. The summed E-state index contributed by atoms with van der Waals surface area (Å²) in [5.74, 6) is -0.382. The third kappa shape index (κ3) is 4.26. The third-order valence-electron chi connectivity index (χ3n) is 2.53. The van der Waals surface area contributed by atoms with Gasteiger partial charge >= 0.3 is 0 Å². The van der Waals surface area contributed by atoms with Crippen molar-refractivity contribution >= 4 is 11.8 Å². The molecule has 2 N–H and O–H groups in total. The van der Waals surface area contributed by atoms with Crippen molar-refractivity contribution in [3.05, 3.63) is 35.4 Å². The molecular weight excluding hydrogens is 216 g/mol. The zero-order valence-electron chi connectivity index (χ0n) is 10.4. The highest BCUT2D eigenvalue weighted by atomic mass is 16.2. The summed E-state index contributed by atoms with van der Waals surface area (Å²) in [6.45, 7) is 5.54. The van der Waals surface area contributed by atoms with Crippen LogP contribution in [-0.2, 0) is 16.1 Å². The number of rotatable bonds is 4. The first kappa shape index (κ1) is 13.2. The van der Waals surface area contributed by atoms with E-state index in [1.807, 2.05) is 31.2 Å². The summed E-state index contributed by atoms with van der Waals surface area (Å²) in [5, 5.41) is 5.33. The van der Waals surface area contributed by atoms with Gasteiger partial charge in [-0.25, -0.2) is 0 Å². The van der Waals surface area contributed by atoms with Gasteiger partial charge in [-0.3, -0.25) is 9.59 Å². The Kier molecular flexibility index (Phi) is 4.69. The van der Waals surface area contributed by atoms with Gasteiger partial charge in [0, 0.05) is 13.5 Å². The Morgan fingerprint density at radius 2 is 1.94 bits per heavy atom. The Balaban J connectivity index is 2.48. The molecule has 4 heteroatoms. The predicted molar refractivity (Wildman–Crippen MR) is 66.3 cm³/mol. The van der Waals surface area contributed by atoms with Gasteiger partial charge < -0.3 is 10.6 Å². The number of hydrogen-bond acceptors (Lipinski definition) is 2. The molecule has 2 amide bonds. The van der Waals surface area contributed by atoms with Gasteiger partial charge in [0.2, 0.25) is 11.8 Å². The summed E-state index contributed by atoms with van der Waals surface area (Å²) in [5.41, 5.74) is 2.22. The van der Waals surface area contributed by atoms with E-state index in [1.54, 1.807) is 6.92 Å². The van der Waals surface area contributed by atoms with Crippen LogP contribution in [0.5, 0.6) is 0 Å². The van der Waals surface area contributed by atoms with Crippen LogP contribution in [0.25, 0.3) is 0 Å². The van der Waals surface area contributed by atoms with Gasteiger partial charge in [-0.2, -0.15) is 0 Å². The van der Waals surface area contributed by atoms with E-state index in [2.05, 4.69) is 10.6 Å². The third-order valence-corrected chi connectivity index (χ3v) is 2.53. The van der Waals surface area contributed by atoms with Gasteiger partial charge in [-0.1, -0.05) is 24.3 Å². The van der Waals surface area contributed by atoms with Gasteiger partial charge in [0.05, 0.1) is 0 Å². The molecule has 0 aliphatic heterocycles. The average molecular weight is 234 g/mol. The summed E-state index contributed by atoms with van der Waals surface area (Å²) < 4.78 is 0. The van der Waals surface area contributed by atoms with Gasteiger partial charge in [0.1, 0.15) is 6.04 Å². The quantitative estimate of drug-likeness (QED) is 0.820. The minimum atomic E-state index is -0.503. The van der Waals surface area contributed by atoms with Crippen LogP contribution in [0.3, 0.4) is 0 Å². The molecule has 1 aromatic carbocycles. The van der Waals surface area contributed by atoms with E-state index in [0.717, 1.165) is 11.1 Å². The molecule has 0 bridgehead atoms. The Hall–Kier alpha value is -1.84. The Labute approximate surface area is 101 Å². The number of carbonyl (C=O) groups excluding carboxylic acids is 2. The molecule has 0 saturated carbocycles. The van der Waals surface area contributed by atoms with Crippen LogP contribution in [0, 0.1) is 6.92 Å². The molecule has 4 nitrogen and oxygen atoms in total. The molecule has 0 radical (unpaired) electrons. The number of carbonyl (C=O) groups is 2. The van der Waals surface area contributed by atoms with E-state index in [0.29, 0.717) is 6.54 Å². The largest absolute Gasteiger partial charge is 0.350 e. The van der Waals surface area contributed by atoms with Crippen molar-refractivity contribution in [1.82, 2.24) is 10.6 Å². The Morgan fingerprint density at radius 3 is 2.53 bits per heavy atom. The lowest BCUT2D eigenvalue weighted by Crippen LogP contribution is -2.43. The van der Waals surface area contributed by atoms with Gasteiger partial charge in [0.25, 0.3) is 0 Å². The van der Waals surface area contributed by atoms with Crippen LogP contribution in [0.4, 0.5) is 0 Å². The van der Waals surface area contributed by atoms with Crippen molar-refractivity contribution in [3.8, 4) is 0 Å². The van der Waals surface area contributed by atoms with E-state index < -0.39 is 6.04 Å². The molecule has 1 rings (SSSR count). The standard InChI is InChI=1S/C13H18N2O2/c1-9-6-4-5-7-12(9)8-14-13(17)10(2)15-11(3)16/h4-7,10H,8H2,1-3H3,(H,14,17)(H,15,16). The van der Waals surface area contributed by atoms with Crippen molar-refractivity contribution in [3.63, 3.8) is 0 Å². The molecular formula is C13H18N2O2. The Morgan fingerprint density at radius 1 is 1.29 bits per heavy atom. The summed E-state index contributed by atoms with van der Waals surface area (Å²) in [4.78, 5) is 22.4. The summed E-state index contributed by atoms with van der Waals surface area (Å²) >= 11 is 0. The van der Waals surface area contributed by atoms with Crippen molar-refractivity contribution in [2.45, 2.75) is 33.4 Å². The molecule has 0 heterocycles. The minimum Gasteiger partial charge on any atom is -0.350 e. The van der Waals surface area contributed by atoms with Crippen LogP contribution < -0.4 is 10.6 Å².